The van der Waals surface area contributed by atoms with Crippen molar-refractivity contribution in [2.75, 3.05) is 11.9 Å². The van der Waals surface area contributed by atoms with Crippen LogP contribution in [0.1, 0.15) is 70.0 Å². The van der Waals surface area contributed by atoms with Crippen LogP contribution >= 0.6 is 0 Å². The summed E-state index contributed by atoms with van der Waals surface area (Å²) in [5.74, 6) is 1.93. The van der Waals surface area contributed by atoms with Crippen LogP contribution in [0.15, 0.2) is 85.3 Å². The summed E-state index contributed by atoms with van der Waals surface area (Å²) in [6.45, 7) is 4.67. The minimum atomic E-state index is -2.18. The number of phenols is 1. The molecular weight excluding hydrogens is 695 g/mol. The van der Waals surface area contributed by atoms with Crippen molar-refractivity contribution in [3.05, 3.63) is 114 Å². The average Bonchev–Trinajstić information content (AvgIpc) is 3.50. The molecule has 0 unspecified atom stereocenters. The molecule has 5 aromatic rings. The monoisotopic (exact) mass is 740 g/mol. The maximum atomic E-state index is 10.5. The van der Waals surface area contributed by atoms with Crippen molar-refractivity contribution in [1.29, 1.82) is 0 Å². The van der Waals surface area contributed by atoms with Crippen molar-refractivity contribution in [2.45, 2.75) is 53.2 Å². The number of imidazole rings is 1. The second-order valence-corrected chi connectivity index (χ2v) is 10.9. The molecule has 3 aromatic carbocycles. The predicted octanol–water partition coefficient (Wildman–Crippen LogP) is 7.36. The number of rotatable bonds is 4. The summed E-state index contributed by atoms with van der Waals surface area (Å²) in [7, 11) is 2.10. The van der Waals surface area contributed by atoms with Crippen LogP contribution < -0.4 is 10.3 Å². The summed E-state index contributed by atoms with van der Waals surface area (Å²) in [5.41, 5.74) is 7.42. The van der Waals surface area contributed by atoms with E-state index in [1.54, 1.807) is 18.2 Å². The summed E-state index contributed by atoms with van der Waals surface area (Å²) in [4.78, 5) is 10.9. The van der Waals surface area contributed by atoms with Gasteiger partial charge >= 0.3 is 6.98 Å². The van der Waals surface area contributed by atoms with Gasteiger partial charge in [-0.05, 0) is 65.7 Å². The fraction of sp³-hybridized carbons (Fsp3) is 0.257. The molecule has 0 saturated carbocycles. The number of aromatic hydroxyl groups is 1. The van der Waals surface area contributed by atoms with Gasteiger partial charge in [0.2, 0.25) is 0 Å². The number of hydrogen-bond acceptors (Lipinski definition) is 4. The minimum Gasteiger partial charge on any atom is -0.507 e. The zero-order valence-electron chi connectivity index (χ0n) is 30.4. The molecule has 0 saturated heterocycles. The molecule has 1 N–H and O–H groups in total. The van der Waals surface area contributed by atoms with Crippen molar-refractivity contribution in [3.8, 4) is 28.4 Å². The van der Waals surface area contributed by atoms with Gasteiger partial charge in [-0.3, -0.25) is 0 Å². The molecule has 0 spiro atoms. The molecule has 0 atom stereocenters. The summed E-state index contributed by atoms with van der Waals surface area (Å²) in [6, 6.07) is 22.8. The van der Waals surface area contributed by atoms with E-state index in [2.05, 4.69) is 84.3 Å². The topological polar surface area (TPSA) is 54.2 Å². The number of anilines is 1. The van der Waals surface area contributed by atoms with E-state index in [-0.39, 0.29) is 44.0 Å². The standard InChI is InChI=1S/C22H26BN3O.C13H12N.Ir/c1-14(2)16-8-6-9-17(15(3)4)21(16)23-25(5)18-10-7-11-19(27)20(18)22-24-12-13-26(22)23;1-10-3-6-12(7-4-10)13-8-5-11(2)9-14-13;/h6-15,27H,1-5H3;3-6,8-9H,1-2H3;/q;-1;/i;1D3,2D3;. The molecule has 0 fully saturated rings. The van der Waals surface area contributed by atoms with Crippen molar-refractivity contribution >= 4 is 18.1 Å². The van der Waals surface area contributed by atoms with Gasteiger partial charge in [0.15, 0.2) is 0 Å². The molecule has 1 aliphatic heterocycles. The second kappa shape index (κ2) is 13.1. The number of fused-ring (bicyclic) bond motifs is 3. The first-order chi connectivity index (χ1) is 22.1. The van der Waals surface area contributed by atoms with Gasteiger partial charge in [0, 0.05) is 52.6 Å². The summed E-state index contributed by atoms with van der Waals surface area (Å²) in [5, 5.41) is 10.5. The number of phenolic OH excluding ortho intramolecular Hbond substituents is 1. The number of aryl methyl sites for hydroxylation is 2. The van der Waals surface area contributed by atoms with E-state index in [1.165, 1.54) is 41.0 Å². The van der Waals surface area contributed by atoms with Crippen LogP contribution in [0, 0.1) is 19.8 Å². The van der Waals surface area contributed by atoms with Gasteiger partial charge in [0.25, 0.3) is 0 Å². The molecule has 1 aliphatic rings. The predicted molar refractivity (Wildman–Crippen MR) is 171 cm³/mol. The van der Waals surface area contributed by atoms with Crippen molar-refractivity contribution in [1.82, 2.24) is 14.4 Å². The number of benzene rings is 3. The number of hydrogen-bond donors (Lipinski definition) is 1. The summed E-state index contributed by atoms with van der Waals surface area (Å²) in [6.07, 6.45) is 5.14. The number of nitrogens with zero attached hydrogens (tertiary/aromatic N) is 4. The fourth-order valence-electron chi connectivity index (χ4n) is 5.45. The third-order valence-corrected chi connectivity index (χ3v) is 7.45. The quantitative estimate of drug-likeness (QED) is 0.155. The largest absolute Gasteiger partial charge is 0.507 e. The first-order valence-electron chi connectivity index (χ1n) is 16.8. The Balaban J connectivity index is 0.000000222. The SMILES string of the molecule is CC(C)c1cccc(C(C)C)c1B1N(C)c2cccc(O)c2-c2nccn21.[2H]C([2H])([2H])c1c[c-]c(-c2ccc(C([2H])([2H])[2H])cn2)cc1.[Ir]. The van der Waals surface area contributed by atoms with Crippen molar-refractivity contribution in [3.63, 3.8) is 0 Å². The molecule has 42 heavy (non-hydrogen) atoms. The van der Waals surface area contributed by atoms with E-state index in [4.69, 9.17) is 8.22 Å². The molecule has 0 amide bonds. The Morgan fingerprint density at radius 3 is 2.17 bits per heavy atom. The fourth-order valence-corrected chi connectivity index (χ4v) is 5.45. The molecule has 0 bridgehead atoms. The minimum absolute atomic E-state index is 0. The Morgan fingerprint density at radius 1 is 0.881 bits per heavy atom. The van der Waals surface area contributed by atoms with Crippen LogP contribution in [0.3, 0.4) is 0 Å². The van der Waals surface area contributed by atoms with Gasteiger partial charge in [0.05, 0.1) is 5.56 Å². The van der Waals surface area contributed by atoms with Gasteiger partial charge in [-0.2, -0.15) is 0 Å². The molecule has 3 heterocycles. The molecule has 5 nitrogen and oxygen atoms in total. The third kappa shape index (κ3) is 6.09. The van der Waals surface area contributed by atoms with E-state index in [9.17, 15) is 5.11 Å². The molecule has 2 aromatic heterocycles. The van der Waals surface area contributed by atoms with E-state index in [1.807, 2.05) is 18.5 Å². The zero-order chi connectivity index (χ0) is 34.3. The average molecular weight is 740 g/mol. The maximum absolute atomic E-state index is 10.5. The van der Waals surface area contributed by atoms with E-state index in [0.717, 1.165) is 17.1 Å². The normalized spacial score (nSPS) is 14.6. The van der Waals surface area contributed by atoms with E-state index < -0.39 is 13.7 Å². The van der Waals surface area contributed by atoms with Gasteiger partial charge in [0.1, 0.15) is 11.6 Å². The Labute approximate surface area is 272 Å². The van der Waals surface area contributed by atoms with Crippen molar-refractivity contribution < 1.29 is 33.4 Å². The summed E-state index contributed by atoms with van der Waals surface area (Å²) >= 11 is 0. The Morgan fingerprint density at radius 2 is 1.57 bits per heavy atom. The molecule has 217 valence electrons. The van der Waals surface area contributed by atoms with Crippen LogP contribution in [0.2, 0.25) is 0 Å². The van der Waals surface area contributed by atoms with Crippen LogP contribution in [0.5, 0.6) is 5.75 Å². The Kier molecular flexibility index (Phi) is 7.44. The maximum Gasteiger partial charge on any atom is 0.417 e. The first kappa shape index (κ1) is 23.8. The van der Waals surface area contributed by atoms with Crippen molar-refractivity contribution in [2.24, 2.45) is 0 Å². The van der Waals surface area contributed by atoms with Crippen LogP contribution in [-0.4, -0.2) is 33.6 Å². The van der Waals surface area contributed by atoms with Gasteiger partial charge in [-0.1, -0.05) is 70.9 Å². The molecule has 6 rings (SSSR count). The van der Waals surface area contributed by atoms with Gasteiger partial charge in [-0.15, -0.1) is 35.4 Å². The summed E-state index contributed by atoms with van der Waals surface area (Å²) < 4.78 is 45.8. The molecular formula is C35H38BIrN4O-. The number of pyridine rings is 1. The van der Waals surface area contributed by atoms with Crippen LogP contribution in [0.25, 0.3) is 22.6 Å². The number of aromatic nitrogens is 3. The molecule has 7 heteroatoms. The van der Waals surface area contributed by atoms with Gasteiger partial charge in [-0.25, -0.2) is 4.98 Å². The zero-order valence-corrected chi connectivity index (χ0v) is 26.8. The second-order valence-electron chi connectivity index (χ2n) is 10.9. The smallest absolute Gasteiger partial charge is 0.417 e. The van der Waals surface area contributed by atoms with Crippen LogP contribution in [-0.2, 0) is 20.1 Å². The molecule has 0 aliphatic carbocycles. The Hall–Kier alpha value is -3.67. The van der Waals surface area contributed by atoms with Gasteiger partial charge < -0.3 is 19.4 Å². The Bertz CT molecular complexity index is 1770. The van der Waals surface area contributed by atoms with E-state index >= 15 is 0 Å². The first-order valence-corrected chi connectivity index (χ1v) is 13.8. The molecule has 1 radical (unpaired) electrons. The van der Waals surface area contributed by atoms with E-state index in [0.29, 0.717) is 23.1 Å². The van der Waals surface area contributed by atoms with Crippen LogP contribution in [0.4, 0.5) is 5.69 Å². The third-order valence-electron chi connectivity index (χ3n) is 7.45.